The zero-order chi connectivity index (χ0) is 32.6. The highest BCUT2D eigenvalue weighted by Crippen LogP contribution is 2.34. The predicted octanol–water partition coefficient (Wildman–Crippen LogP) is 4.63. The average molecular weight is 649 g/mol. The van der Waals surface area contributed by atoms with Crippen LogP contribution in [0.1, 0.15) is 83.5 Å². The molecule has 2 N–H and O–H groups in total. The number of hydrogen-bond donors (Lipinski definition) is 2. The van der Waals surface area contributed by atoms with Gasteiger partial charge in [0.2, 0.25) is 17.7 Å². The van der Waals surface area contributed by atoms with Gasteiger partial charge < -0.3 is 19.9 Å². The number of ether oxygens (including phenoxy) is 1. The molecule has 48 heavy (non-hydrogen) atoms. The minimum absolute atomic E-state index is 0.109. The summed E-state index contributed by atoms with van der Waals surface area (Å²) in [7, 11) is 0. The molecule has 5 aliphatic rings. The van der Waals surface area contributed by atoms with E-state index in [1.165, 1.54) is 22.4 Å². The Bertz CT molecular complexity index is 1690. The summed E-state index contributed by atoms with van der Waals surface area (Å²) in [6, 6.07) is 19.4. The van der Waals surface area contributed by atoms with Crippen LogP contribution < -0.4 is 20.3 Å². The van der Waals surface area contributed by atoms with Crippen molar-refractivity contribution in [3.8, 4) is 5.88 Å². The topological polar surface area (TPSA) is 107 Å². The molecule has 0 spiro atoms. The van der Waals surface area contributed by atoms with Crippen molar-refractivity contribution in [2.24, 2.45) is 0 Å². The quantitative estimate of drug-likeness (QED) is 0.358. The normalized spacial score (nSPS) is 22.2. The van der Waals surface area contributed by atoms with E-state index >= 15 is 0 Å². The van der Waals surface area contributed by atoms with Gasteiger partial charge in [0.25, 0.3) is 5.91 Å². The third kappa shape index (κ3) is 6.38. The van der Waals surface area contributed by atoms with Crippen molar-refractivity contribution in [3.63, 3.8) is 0 Å². The molecule has 0 aliphatic carbocycles. The lowest BCUT2D eigenvalue weighted by molar-refractivity contribution is -0.136. The van der Waals surface area contributed by atoms with Crippen LogP contribution in [0, 0.1) is 0 Å². The molecule has 3 saturated heterocycles. The summed E-state index contributed by atoms with van der Waals surface area (Å²) in [6.07, 6.45) is 7.10. The molecule has 8 rings (SSSR count). The summed E-state index contributed by atoms with van der Waals surface area (Å²) in [6.45, 7) is 6.27. The fourth-order valence-corrected chi connectivity index (χ4v) is 8.13. The van der Waals surface area contributed by atoms with Crippen LogP contribution in [0.4, 0.5) is 11.5 Å². The number of carbonyl (C=O) groups is 3. The lowest BCUT2D eigenvalue weighted by Crippen LogP contribution is -2.52. The second kappa shape index (κ2) is 13.2. The summed E-state index contributed by atoms with van der Waals surface area (Å²) in [4.78, 5) is 48.5. The molecule has 0 radical (unpaired) electrons. The van der Waals surface area contributed by atoms with Crippen LogP contribution >= 0.6 is 0 Å². The highest BCUT2D eigenvalue weighted by molar-refractivity contribution is 6.05. The van der Waals surface area contributed by atoms with E-state index in [9.17, 15) is 14.4 Å². The van der Waals surface area contributed by atoms with Crippen molar-refractivity contribution in [1.29, 1.82) is 0 Å². The molecule has 1 atom stereocenters. The smallest absolute Gasteiger partial charge is 0.255 e. The van der Waals surface area contributed by atoms with Crippen LogP contribution in [0.2, 0.25) is 0 Å². The van der Waals surface area contributed by atoms with Crippen molar-refractivity contribution in [3.05, 3.63) is 82.4 Å². The number of anilines is 2. The van der Waals surface area contributed by atoms with Gasteiger partial charge in [0, 0.05) is 55.5 Å². The van der Waals surface area contributed by atoms with E-state index in [0.717, 1.165) is 95.1 Å². The largest absolute Gasteiger partial charge is 0.477 e. The van der Waals surface area contributed by atoms with Crippen LogP contribution in [-0.4, -0.2) is 77.4 Å². The van der Waals surface area contributed by atoms with E-state index in [0.29, 0.717) is 30.5 Å². The van der Waals surface area contributed by atoms with Gasteiger partial charge >= 0.3 is 0 Å². The molecule has 3 aromatic rings. The average Bonchev–Trinajstić information content (AvgIpc) is 3.44. The lowest BCUT2D eigenvalue weighted by atomic mass is 9.87. The first-order valence-corrected chi connectivity index (χ1v) is 17.7. The number of nitrogens with zero attached hydrogens (tertiary/aromatic N) is 4. The lowest BCUT2D eigenvalue weighted by Gasteiger charge is -2.34. The minimum Gasteiger partial charge on any atom is -0.477 e. The Hall–Kier alpha value is -4.44. The maximum absolute atomic E-state index is 13.1. The number of carbonyl (C=O) groups excluding carboxylic acids is 3. The number of rotatable bonds is 7. The molecular formula is C38H44N6O4. The predicted molar refractivity (Wildman–Crippen MR) is 183 cm³/mol. The van der Waals surface area contributed by atoms with Crippen molar-refractivity contribution < 1.29 is 19.1 Å². The zero-order valence-corrected chi connectivity index (χ0v) is 27.5. The standard InChI is InChI=1S/C38H44N6O4/c45-35-12-10-33(36(46)41-35)44-24-29-22-28(5-9-32(29)38(44)47)26-13-17-42(18-14-26)23-25-3-7-31(8-4-25)43-19-15-30(16-20-43)39-34-11-6-27-2-1-21-48-37(27)40-34/h3-9,11,22,26,30,33H,1-2,10,12-21,23-24H2,(H,39,40)(H,41,45,46). The first-order valence-electron chi connectivity index (χ1n) is 17.7. The molecule has 3 fully saturated rings. The molecule has 6 heterocycles. The number of imide groups is 1. The number of hydrogen-bond acceptors (Lipinski definition) is 8. The van der Waals surface area contributed by atoms with Crippen LogP contribution in [0.15, 0.2) is 54.6 Å². The van der Waals surface area contributed by atoms with Crippen LogP contribution in [0.3, 0.4) is 0 Å². The van der Waals surface area contributed by atoms with Gasteiger partial charge in [-0.3, -0.25) is 24.6 Å². The van der Waals surface area contributed by atoms with E-state index < -0.39 is 6.04 Å². The van der Waals surface area contributed by atoms with Gasteiger partial charge in [-0.05, 0) is 111 Å². The number of aryl methyl sites for hydroxylation is 1. The molecular weight excluding hydrogens is 604 g/mol. The number of likely N-dealkylation sites (tertiary alicyclic amines) is 1. The maximum Gasteiger partial charge on any atom is 0.255 e. The number of amides is 3. The summed E-state index contributed by atoms with van der Waals surface area (Å²) < 4.78 is 5.76. The maximum atomic E-state index is 13.1. The molecule has 10 heteroatoms. The Balaban J connectivity index is 0.800. The number of piperidine rings is 3. The Labute approximate surface area is 281 Å². The number of aromatic nitrogens is 1. The van der Waals surface area contributed by atoms with Crippen molar-refractivity contribution in [1.82, 2.24) is 20.1 Å². The van der Waals surface area contributed by atoms with Gasteiger partial charge in [0.05, 0.1) is 6.61 Å². The van der Waals surface area contributed by atoms with Crippen molar-refractivity contribution >= 4 is 29.2 Å². The van der Waals surface area contributed by atoms with E-state index in [4.69, 9.17) is 9.72 Å². The third-order valence-electron chi connectivity index (χ3n) is 10.9. The van der Waals surface area contributed by atoms with Gasteiger partial charge in [-0.25, -0.2) is 0 Å². The molecule has 1 aromatic heterocycles. The number of fused-ring (bicyclic) bond motifs is 2. The van der Waals surface area contributed by atoms with Crippen molar-refractivity contribution in [2.45, 2.75) is 82.5 Å². The molecule has 10 nitrogen and oxygen atoms in total. The zero-order valence-electron chi connectivity index (χ0n) is 27.5. The summed E-state index contributed by atoms with van der Waals surface area (Å²) in [5.41, 5.74) is 6.81. The number of benzene rings is 2. The Morgan fingerprint density at radius 1 is 0.854 bits per heavy atom. The molecule has 250 valence electrons. The Morgan fingerprint density at radius 2 is 1.67 bits per heavy atom. The van der Waals surface area contributed by atoms with Crippen LogP contribution in [-0.2, 0) is 29.1 Å². The monoisotopic (exact) mass is 648 g/mol. The first kappa shape index (κ1) is 30.9. The second-order valence-electron chi connectivity index (χ2n) is 14.1. The van der Waals surface area contributed by atoms with Crippen LogP contribution in [0.25, 0.3) is 0 Å². The summed E-state index contributed by atoms with van der Waals surface area (Å²) in [5, 5.41) is 6.02. The molecule has 3 amide bonds. The molecule has 5 aliphatic heterocycles. The van der Waals surface area contributed by atoms with Crippen LogP contribution in [0.5, 0.6) is 5.88 Å². The number of nitrogens with one attached hydrogen (secondary N) is 2. The fraction of sp³-hybridized carbons (Fsp3) is 0.474. The highest BCUT2D eigenvalue weighted by Gasteiger charge is 2.39. The molecule has 1 unspecified atom stereocenters. The van der Waals surface area contributed by atoms with E-state index in [1.807, 2.05) is 6.07 Å². The third-order valence-corrected chi connectivity index (χ3v) is 10.9. The van der Waals surface area contributed by atoms with Gasteiger partial charge in [0.1, 0.15) is 11.9 Å². The highest BCUT2D eigenvalue weighted by atomic mass is 16.5. The Morgan fingerprint density at radius 3 is 2.46 bits per heavy atom. The second-order valence-corrected chi connectivity index (χ2v) is 14.1. The summed E-state index contributed by atoms with van der Waals surface area (Å²) in [5.74, 6) is 1.45. The molecule has 2 aromatic carbocycles. The summed E-state index contributed by atoms with van der Waals surface area (Å²) >= 11 is 0. The van der Waals surface area contributed by atoms with Gasteiger partial charge in [0.15, 0.2) is 0 Å². The van der Waals surface area contributed by atoms with Crippen molar-refractivity contribution in [2.75, 3.05) is 43.0 Å². The molecule has 0 bridgehead atoms. The molecule has 0 saturated carbocycles. The Kier molecular flexibility index (Phi) is 8.50. The SMILES string of the molecule is O=C1CCC(N2Cc3cc(C4CCN(Cc5ccc(N6CCC(Nc7ccc8c(n7)OCCC8)CC6)cc5)CC4)ccc3C2=O)C(=O)N1. The number of pyridine rings is 1. The van der Waals surface area contributed by atoms with E-state index in [2.05, 4.69) is 69.0 Å². The van der Waals surface area contributed by atoms with E-state index in [1.54, 1.807) is 4.90 Å². The minimum atomic E-state index is -0.572. The first-order chi connectivity index (χ1) is 23.5. The van der Waals surface area contributed by atoms with Gasteiger partial charge in [-0.1, -0.05) is 24.3 Å². The van der Waals surface area contributed by atoms with Gasteiger partial charge in [-0.15, -0.1) is 0 Å². The van der Waals surface area contributed by atoms with Gasteiger partial charge in [-0.2, -0.15) is 4.98 Å². The fourth-order valence-electron chi connectivity index (χ4n) is 8.13. The van der Waals surface area contributed by atoms with E-state index in [-0.39, 0.29) is 24.1 Å².